The summed E-state index contributed by atoms with van der Waals surface area (Å²) in [6, 6.07) is 0. The van der Waals surface area contributed by atoms with Crippen LogP contribution >= 0.6 is 67.8 Å². The van der Waals surface area contributed by atoms with E-state index in [0.29, 0.717) is 9.13 Å². The number of hydrogen-bond acceptors (Lipinski definition) is 2. The van der Waals surface area contributed by atoms with Crippen molar-refractivity contribution < 1.29 is 15.0 Å². The summed E-state index contributed by atoms with van der Waals surface area (Å²) in [5, 5.41) is 18.3. The summed E-state index contributed by atoms with van der Waals surface area (Å²) in [6.45, 7) is 1.74. The van der Waals surface area contributed by atoms with E-state index in [2.05, 4.69) is 22.6 Å². The first-order chi connectivity index (χ1) is 6.91. The summed E-state index contributed by atoms with van der Waals surface area (Å²) in [5.41, 5.74) is 1.91. The van der Waals surface area contributed by atoms with Crippen molar-refractivity contribution in [3.63, 3.8) is 0 Å². The number of rotatable bonds is 2. The van der Waals surface area contributed by atoms with Crippen LogP contribution in [-0.4, -0.2) is 16.2 Å². The molecule has 0 spiro atoms. The predicted octanol–water partition coefficient (Wildman–Crippen LogP) is 3.00. The monoisotopic (exact) mass is 544 g/mol. The summed E-state index contributed by atoms with van der Waals surface area (Å²) in [4.78, 5) is 11.1. The van der Waals surface area contributed by atoms with Crippen LogP contribution in [0, 0.1) is 17.6 Å². The van der Waals surface area contributed by atoms with E-state index in [-0.39, 0.29) is 12.2 Å². The van der Waals surface area contributed by atoms with Crippen molar-refractivity contribution >= 4 is 73.7 Å². The highest BCUT2D eigenvalue weighted by molar-refractivity contribution is 14.1. The highest BCUT2D eigenvalue weighted by Gasteiger charge is 2.21. The van der Waals surface area contributed by atoms with E-state index in [1.54, 1.807) is 0 Å². The van der Waals surface area contributed by atoms with E-state index in [1.165, 1.54) is 0 Å². The van der Waals surface area contributed by atoms with E-state index < -0.39 is 5.97 Å². The van der Waals surface area contributed by atoms with Crippen LogP contribution in [0.15, 0.2) is 0 Å². The van der Waals surface area contributed by atoms with Crippen molar-refractivity contribution in [2.24, 2.45) is 0 Å². The van der Waals surface area contributed by atoms with Crippen molar-refractivity contribution in [3.05, 3.63) is 27.4 Å². The zero-order valence-electron chi connectivity index (χ0n) is 7.64. The van der Waals surface area contributed by atoms with E-state index in [1.807, 2.05) is 52.1 Å². The lowest BCUT2D eigenvalue weighted by atomic mass is 10.1. The second-order valence-corrected chi connectivity index (χ2v) is 6.12. The summed E-state index contributed by atoms with van der Waals surface area (Å²) in [5.74, 6) is -0.946. The summed E-state index contributed by atoms with van der Waals surface area (Å²) in [6.07, 6.45) is 0. The molecule has 0 saturated heterocycles. The molecule has 0 bridgehead atoms. The van der Waals surface area contributed by atoms with Crippen LogP contribution in [0.1, 0.15) is 21.5 Å². The molecule has 0 aromatic heterocycles. The van der Waals surface area contributed by atoms with Gasteiger partial charge in [-0.25, -0.2) is 4.79 Å². The molecule has 0 aliphatic carbocycles. The van der Waals surface area contributed by atoms with Crippen molar-refractivity contribution in [1.82, 2.24) is 0 Å². The minimum absolute atomic E-state index is 0.130. The number of carboxylic acid groups (broad SMARTS) is 1. The molecule has 82 valence electrons. The fraction of sp³-hybridized carbons (Fsp3) is 0.222. The average Bonchev–Trinajstić information content (AvgIpc) is 2.15. The van der Waals surface area contributed by atoms with E-state index in [0.717, 1.165) is 12.7 Å². The maximum atomic E-state index is 11.1. The van der Waals surface area contributed by atoms with Crippen molar-refractivity contribution in [1.29, 1.82) is 0 Å². The Labute approximate surface area is 128 Å². The third kappa shape index (κ3) is 2.57. The van der Waals surface area contributed by atoms with Gasteiger partial charge in [-0.1, -0.05) is 0 Å². The highest BCUT2D eigenvalue weighted by Crippen LogP contribution is 2.31. The lowest BCUT2D eigenvalue weighted by Gasteiger charge is -2.13. The molecule has 0 aliphatic heterocycles. The molecule has 1 rings (SSSR count). The molecule has 3 nitrogen and oxygen atoms in total. The minimum atomic E-state index is -0.946. The Morgan fingerprint density at radius 1 is 1.20 bits per heavy atom. The molecule has 1 aromatic carbocycles. The van der Waals surface area contributed by atoms with Gasteiger partial charge in [0.15, 0.2) is 0 Å². The van der Waals surface area contributed by atoms with Crippen LogP contribution in [0.25, 0.3) is 0 Å². The molecule has 15 heavy (non-hydrogen) atoms. The summed E-state index contributed by atoms with van der Waals surface area (Å²) < 4.78 is 2.31. The number of carboxylic acids is 1. The quantitative estimate of drug-likeness (QED) is 0.564. The molecular formula is C9H7I3O3. The number of aliphatic hydroxyl groups excluding tert-OH is 1. The van der Waals surface area contributed by atoms with Gasteiger partial charge in [0.1, 0.15) is 0 Å². The fourth-order valence-electron chi connectivity index (χ4n) is 1.18. The Bertz CT molecular complexity index is 429. The summed E-state index contributed by atoms with van der Waals surface area (Å²) >= 11 is 6.14. The fourth-order valence-corrected chi connectivity index (χ4v) is 5.15. The number of carbonyl (C=O) groups is 1. The molecule has 0 saturated carbocycles. The zero-order chi connectivity index (χ0) is 11.7. The van der Waals surface area contributed by atoms with Crippen LogP contribution < -0.4 is 0 Å². The van der Waals surface area contributed by atoms with Crippen LogP contribution in [0.2, 0.25) is 0 Å². The number of aliphatic hydroxyl groups is 1. The first kappa shape index (κ1) is 13.9. The molecule has 2 N–H and O–H groups in total. The van der Waals surface area contributed by atoms with Crippen molar-refractivity contribution in [2.75, 3.05) is 0 Å². The van der Waals surface area contributed by atoms with Crippen molar-refractivity contribution in [2.45, 2.75) is 13.5 Å². The molecule has 0 amide bonds. The second kappa shape index (κ2) is 5.45. The third-order valence-corrected chi connectivity index (χ3v) is 6.00. The smallest absolute Gasteiger partial charge is 0.337 e. The lowest BCUT2D eigenvalue weighted by Crippen LogP contribution is -2.10. The van der Waals surface area contributed by atoms with Crippen LogP contribution in [0.3, 0.4) is 0 Å². The SMILES string of the molecule is Cc1c(I)c(CO)c(I)c(C(=O)O)c1I. The van der Waals surface area contributed by atoms with Crippen molar-refractivity contribution in [3.8, 4) is 0 Å². The van der Waals surface area contributed by atoms with Gasteiger partial charge >= 0.3 is 5.97 Å². The van der Waals surface area contributed by atoms with Gasteiger partial charge in [-0.2, -0.15) is 0 Å². The van der Waals surface area contributed by atoms with Crippen LogP contribution in [0.4, 0.5) is 0 Å². The maximum absolute atomic E-state index is 11.1. The third-order valence-electron chi connectivity index (χ3n) is 2.00. The molecule has 0 aliphatic rings. The molecule has 0 fully saturated rings. The Kier molecular flexibility index (Phi) is 5.05. The van der Waals surface area contributed by atoms with E-state index >= 15 is 0 Å². The largest absolute Gasteiger partial charge is 0.478 e. The number of halogens is 3. The molecule has 1 aromatic rings. The summed E-state index contributed by atoms with van der Waals surface area (Å²) in [7, 11) is 0. The normalized spacial score (nSPS) is 10.5. The van der Waals surface area contributed by atoms with Crippen LogP contribution in [-0.2, 0) is 6.61 Å². The first-order valence-corrected chi connectivity index (χ1v) is 7.15. The van der Waals surface area contributed by atoms with Gasteiger partial charge in [-0.05, 0) is 80.3 Å². The first-order valence-electron chi connectivity index (χ1n) is 3.91. The van der Waals surface area contributed by atoms with Gasteiger partial charge in [0.25, 0.3) is 0 Å². The standard InChI is InChI=1S/C9H7I3O3/c1-3-6(10)4(2-13)8(12)5(7(3)11)9(14)15/h13H,2H2,1H3,(H,14,15). The van der Waals surface area contributed by atoms with Gasteiger partial charge in [-0.3, -0.25) is 0 Å². The van der Waals surface area contributed by atoms with Gasteiger partial charge in [-0.15, -0.1) is 0 Å². The number of benzene rings is 1. The lowest BCUT2D eigenvalue weighted by molar-refractivity contribution is 0.0694. The minimum Gasteiger partial charge on any atom is -0.478 e. The zero-order valence-corrected chi connectivity index (χ0v) is 14.1. The molecule has 0 atom stereocenters. The van der Waals surface area contributed by atoms with Gasteiger partial charge < -0.3 is 10.2 Å². The number of hydrogen-bond donors (Lipinski definition) is 2. The Morgan fingerprint density at radius 2 is 1.73 bits per heavy atom. The number of aromatic carboxylic acids is 1. The second-order valence-electron chi connectivity index (χ2n) is 2.88. The highest BCUT2D eigenvalue weighted by atomic mass is 127. The topological polar surface area (TPSA) is 57.5 Å². The van der Waals surface area contributed by atoms with Gasteiger partial charge in [0, 0.05) is 16.3 Å². The Hall–Kier alpha value is 0.840. The Morgan fingerprint density at radius 3 is 2.13 bits per heavy atom. The molecule has 0 unspecified atom stereocenters. The molecule has 0 heterocycles. The predicted molar refractivity (Wildman–Crippen MR) is 82.2 cm³/mol. The maximum Gasteiger partial charge on any atom is 0.337 e. The van der Waals surface area contributed by atoms with Gasteiger partial charge in [0.05, 0.1) is 12.2 Å². The van der Waals surface area contributed by atoms with E-state index in [4.69, 9.17) is 5.11 Å². The molecule has 6 heteroatoms. The average molecular weight is 544 g/mol. The molecular weight excluding hydrogens is 537 g/mol. The van der Waals surface area contributed by atoms with Gasteiger partial charge in [0.2, 0.25) is 0 Å². The van der Waals surface area contributed by atoms with Crippen LogP contribution in [0.5, 0.6) is 0 Å². The molecule has 0 radical (unpaired) electrons. The van der Waals surface area contributed by atoms with E-state index in [9.17, 15) is 9.90 Å². The Balaban J connectivity index is 3.68.